The Bertz CT molecular complexity index is 1240. The first kappa shape index (κ1) is 21.5. The number of carbonyl (C=O) groups is 1. The van der Waals surface area contributed by atoms with Crippen LogP contribution in [-0.2, 0) is 0 Å². The molecule has 0 unspecified atom stereocenters. The van der Waals surface area contributed by atoms with E-state index in [0.29, 0.717) is 33.4 Å². The van der Waals surface area contributed by atoms with E-state index >= 15 is 0 Å². The molecule has 3 aromatic carbocycles. The van der Waals surface area contributed by atoms with Crippen LogP contribution < -0.4 is 14.2 Å². The zero-order valence-corrected chi connectivity index (χ0v) is 18.7. The van der Waals surface area contributed by atoms with Gasteiger partial charge in [0.15, 0.2) is 17.3 Å². The van der Waals surface area contributed by atoms with Gasteiger partial charge in [-0.2, -0.15) is 0 Å². The maximum Gasteiger partial charge on any atom is 0.203 e. The lowest BCUT2D eigenvalue weighted by Gasteiger charge is -2.14. The number of methoxy groups -OCH3 is 3. The van der Waals surface area contributed by atoms with Gasteiger partial charge in [-0.3, -0.25) is 4.79 Å². The third kappa shape index (κ3) is 4.07. The fourth-order valence-electron chi connectivity index (χ4n) is 3.64. The van der Waals surface area contributed by atoms with E-state index < -0.39 is 0 Å². The number of benzene rings is 3. The molecule has 4 aromatic rings. The van der Waals surface area contributed by atoms with Crippen LogP contribution in [0.25, 0.3) is 16.8 Å². The Hall–Kier alpha value is -3.70. The van der Waals surface area contributed by atoms with E-state index in [1.165, 1.54) is 21.3 Å². The summed E-state index contributed by atoms with van der Waals surface area (Å²) in [4.78, 5) is 13.7. The molecule has 0 spiro atoms. The first-order valence-electron chi connectivity index (χ1n) is 9.93. The van der Waals surface area contributed by atoms with Crippen molar-refractivity contribution in [2.45, 2.75) is 0 Å². The van der Waals surface area contributed by atoms with E-state index in [4.69, 9.17) is 25.8 Å². The summed E-state index contributed by atoms with van der Waals surface area (Å²) >= 11 is 6.24. The Kier molecular flexibility index (Phi) is 6.19. The molecule has 0 saturated carbocycles. The minimum Gasteiger partial charge on any atom is -0.493 e. The monoisotopic (exact) mass is 447 g/mol. The highest BCUT2D eigenvalue weighted by atomic mass is 35.5. The van der Waals surface area contributed by atoms with Crippen LogP contribution in [0, 0.1) is 0 Å². The number of hydrogen-bond donors (Lipinski definition) is 0. The lowest BCUT2D eigenvalue weighted by molar-refractivity contribution is 0.103. The van der Waals surface area contributed by atoms with Gasteiger partial charge >= 0.3 is 0 Å². The molecule has 5 nitrogen and oxygen atoms in total. The standard InChI is InChI=1S/C26H22ClNO4/c1-30-23-13-18(14-24(31-2)26(23)32-3)25(29)22-16-28(20-10-5-4-6-11-20)15-21(22)17-8-7-9-19(27)12-17/h4-16H,1-3H3. The molecule has 32 heavy (non-hydrogen) atoms. The smallest absolute Gasteiger partial charge is 0.203 e. The summed E-state index contributed by atoms with van der Waals surface area (Å²) in [5.41, 5.74) is 3.52. The summed E-state index contributed by atoms with van der Waals surface area (Å²) in [6, 6.07) is 20.6. The quantitative estimate of drug-likeness (QED) is 0.323. The Balaban J connectivity index is 1.89. The lowest BCUT2D eigenvalue weighted by Crippen LogP contribution is -2.04. The summed E-state index contributed by atoms with van der Waals surface area (Å²) in [7, 11) is 4.57. The molecule has 0 fully saturated rings. The van der Waals surface area contributed by atoms with Crippen LogP contribution in [0.5, 0.6) is 17.2 Å². The summed E-state index contributed by atoms with van der Waals surface area (Å²) in [5.74, 6) is 1.10. The van der Waals surface area contributed by atoms with Gasteiger partial charge in [0, 0.05) is 39.8 Å². The van der Waals surface area contributed by atoms with Crippen LogP contribution in [-0.4, -0.2) is 31.7 Å². The molecule has 0 bridgehead atoms. The average Bonchev–Trinajstić information content (AvgIpc) is 3.28. The molecule has 162 valence electrons. The van der Waals surface area contributed by atoms with Crippen molar-refractivity contribution < 1.29 is 19.0 Å². The van der Waals surface area contributed by atoms with E-state index in [0.717, 1.165) is 16.8 Å². The number of nitrogens with zero attached hydrogens (tertiary/aromatic N) is 1. The summed E-state index contributed by atoms with van der Waals surface area (Å²) < 4.78 is 18.2. The molecule has 0 aliphatic rings. The molecule has 1 aromatic heterocycles. The zero-order valence-electron chi connectivity index (χ0n) is 18.0. The molecule has 4 rings (SSSR count). The molecule has 0 radical (unpaired) electrons. The van der Waals surface area contributed by atoms with Crippen molar-refractivity contribution in [3.63, 3.8) is 0 Å². The predicted octanol–water partition coefficient (Wildman–Crippen LogP) is 6.05. The van der Waals surface area contributed by atoms with Crippen molar-refractivity contribution >= 4 is 17.4 Å². The highest BCUT2D eigenvalue weighted by Gasteiger charge is 2.22. The van der Waals surface area contributed by atoms with Crippen LogP contribution >= 0.6 is 11.6 Å². The Morgan fingerprint density at radius 3 is 2.09 bits per heavy atom. The highest BCUT2D eigenvalue weighted by Crippen LogP contribution is 2.39. The summed E-state index contributed by atoms with van der Waals surface area (Å²) in [6.45, 7) is 0. The van der Waals surface area contributed by atoms with Crippen molar-refractivity contribution in [1.29, 1.82) is 0 Å². The number of carbonyl (C=O) groups excluding carboxylic acids is 1. The molecule has 0 N–H and O–H groups in total. The zero-order chi connectivity index (χ0) is 22.7. The second-order valence-electron chi connectivity index (χ2n) is 7.08. The van der Waals surface area contributed by atoms with E-state index in [9.17, 15) is 4.79 Å². The number of halogens is 1. The van der Waals surface area contributed by atoms with Crippen molar-refractivity contribution in [2.75, 3.05) is 21.3 Å². The number of ether oxygens (including phenoxy) is 3. The van der Waals surface area contributed by atoms with Crippen LogP contribution in [0.4, 0.5) is 0 Å². The first-order chi connectivity index (χ1) is 15.5. The molecule has 0 aliphatic heterocycles. The van der Waals surface area contributed by atoms with Gasteiger partial charge in [0.1, 0.15) is 0 Å². The summed E-state index contributed by atoms with van der Waals surface area (Å²) in [6.07, 6.45) is 3.77. The third-order valence-electron chi connectivity index (χ3n) is 5.19. The van der Waals surface area contributed by atoms with Gasteiger partial charge < -0.3 is 18.8 Å². The lowest BCUT2D eigenvalue weighted by atomic mass is 9.97. The molecule has 0 atom stereocenters. The molecule has 0 amide bonds. The van der Waals surface area contributed by atoms with Crippen molar-refractivity contribution in [1.82, 2.24) is 4.57 Å². The van der Waals surface area contributed by atoms with Gasteiger partial charge in [-0.05, 0) is 42.0 Å². The van der Waals surface area contributed by atoms with E-state index in [1.807, 2.05) is 65.5 Å². The molecule has 0 aliphatic carbocycles. The Morgan fingerprint density at radius 1 is 0.812 bits per heavy atom. The molecule has 0 saturated heterocycles. The number of aromatic nitrogens is 1. The third-order valence-corrected chi connectivity index (χ3v) is 5.42. The summed E-state index contributed by atoms with van der Waals surface area (Å²) in [5, 5.41) is 0.598. The second-order valence-corrected chi connectivity index (χ2v) is 7.52. The van der Waals surface area contributed by atoms with Crippen LogP contribution in [0.2, 0.25) is 5.02 Å². The first-order valence-corrected chi connectivity index (χ1v) is 10.3. The Morgan fingerprint density at radius 2 is 1.50 bits per heavy atom. The minimum absolute atomic E-state index is 0.172. The number of ketones is 1. The van der Waals surface area contributed by atoms with E-state index in [2.05, 4.69) is 0 Å². The van der Waals surface area contributed by atoms with E-state index in [-0.39, 0.29) is 5.78 Å². The SMILES string of the molecule is COc1cc(C(=O)c2cn(-c3ccccc3)cc2-c2cccc(Cl)c2)cc(OC)c1OC. The molecular formula is C26H22ClNO4. The fraction of sp³-hybridized carbons (Fsp3) is 0.115. The number of para-hydroxylation sites is 1. The van der Waals surface area contributed by atoms with Crippen LogP contribution in [0.3, 0.4) is 0 Å². The van der Waals surface area contributed by atoms with E-state index in [1.54, 1.807) is 18.2 Å². The van der Waals surface area contributed by atoms with Crippen LogP contribution in [0.15, 0.2) is 79.1 Å². The van der Waals surface area contributed by atoms with Gasteiger partial charge in [0.05, 0.1) is 21.3 Å². The van der Waals surface area contributed by atoms with Gasteiger partial charge in [0.25, 0.3) is 0 Å². The largest absolute Gasteiger partial charge is 0.493 e. The minimum atomic E-state index is -0.172. The van der Waals surface area contributed by atoms with Crippen molar-refractivity contribution in [2.24, 2.45) is 0 Å². The Labute approximate surface area is 191 Å². The van der Waals surface area contributed by atoms with Gasteiger partial charge in [-0.1, -0.05) is 41.9 Å². The second kappa shape index (κ2) is 9.20. The number of hydrogen-bond acceptors (Lipinski definition) is 4. The van der Waals surface area contributed by atoms with Crippen molar-refractivity contribution in [3.8, 4) is 34.1 Å². The number of rotatable bonds is 7. The fourth-order valence-corrected chi connectivity index (χ4v) is 3.83. The topological polar surface area (TPSA) is 49.7 Å². The molecular weight excluding hydrogens is 426 g/mol. The van der Waals surface area contributed by atoms with Crippen molar-refractivity contribution in [3.05, 3.63) is 95.3 Å². The maximum absolute atomic E-state index is 13.7. The maximum atomic E-state index is 13.7. The highest BCUT2D eigenvalue weighted by molar-refractivity contribution is 6.31. The van der Waals surface area contributed by atoms with Gasteiger partial charge in [-0.25, -0.2) is 0 Å². The normalized spacial score (nSPS) is 10.6. The average molecular weight is 448 g/mol. The predicted molar refractivity (Wildman–Crippen MR) is 126 cm³/mol. The van der Waals surface area contributed by atoms with Gasteiger partial charge in [-0.15, -0.1) is 0 Å². The van der Waals surface area contributed by atoms with Crippen LogP contribution in [0.1, 0.15) is 15.9 Å². The molecule has 6 heteroatoms. The van der Waals surface area contributed by atoms with Gasteiger partial charge in [0.2, 0.25) is 5.75 Å². The molecule has 1 heterocycles.